The second kappa shape index (κ2) is 10.4. The number of carbonyl (C=O) groups is 1. The van der Waals surface area contributed by atoms with E-state index < -0.39 is 0 Å². The molecule has 182 valence electrons. The molecule has 0 radical (unpaired) electrons. The topological polar surface area (TPSA) is 71.8 Å². The van der Waals surface area contributed by atoms with Crippen molar-refractivity contribution in [2.24, 2.45) is 0 Å². The molecule has 0 aliphatic carbocycles. The molecule has 2 aromatic heterocycles. The van der Waals surface area contributed by atoms with E-state index in [4.69, 9.17) is 16.3 Å². The van der Waals surface area contributed by atoms with Crippen molar-refractivity contribution in [2.45, 2.75) is 52.7 Å². The first-order valence-electron chi connectivity index (χ1n) is 11.6. The van der Waals surface area contributed by atoms with Crippen LogP contribution in [0.4, 0.5) is 4.39 Å². The summed E-state index contributed by atoms with van der Waals surface area (Å²) in [7, 11) is 0. The Morgan fingerprint density at radius 2 is 2.15 bits per heavy atom. The summed E-state index contributed by atoms with van der Waals surface area (Å²) in [6.07, 6.45) is 0.869. The number of amides is 1. The van der Waals surface area contributed by atoms with E-state index in [9.17, 15) is 9.18 Å². The number of benzene rings is 1. The Bertz CT molecular complexity index is 1180. The van der Waals surface area contributed by atoms with Gasteiger partial charge in [0.1, 0.15) is 5.82 Å². The number of fused-ring (bicyclic) bond motifs is 1. The number of nitrogens with one attached hydrogen (secondary N) is 1. The monoisotopic (exact) mass is 487 g/mol. The van der Waals surface area contributed by atoms with Crippen LogP contribution in [0.3, 0.4) is 0 Å². The van der Waals surface area contributed by atoms with Crippen LogP contribution in [0.15, 0.2) is 24.3 Å². The molecule has 3 heterocycles. The Labute approximate surface area is 204 Å². The molecular weight excluding hydrogens is 457 g/mol. The summed E-state index contributed by atoms with van der Waals surface area (Å²) in [5, 5.41) is 7.87. The fourth-order valence-corrected chi connectivity index (χ4v) is 5.00. The summed E-state index contributed by atoms with van der Waals surface area (Å²) >= 11 is 6.39. The maximum atomic E-state index is 14.8. The maximum Gasteiger partial charge on any atom is 0.220 e. The number of rotatable bonds is 7. The minimum atomic E-state index is -0.377. The number of aryl methyl sites for hydroxylation is 3. The molecule has 2 unspecified atom stereocenters. The summed E-state index contributed by atoms with van der Waals surface area (Å²) in [5.74, 6) is -0.472. The smallest absolute Gasteiger partial charge is 0.220 e. The van der Waals surface area contributed by atoms with Crippen molar-refractivity contribution in [1.29, 1.82) is 0 Å². The molecule has 4 rings (SSSR count). The lowest BCUT2D eigenvalue weighted by Gasteiger charge is -2.38. The molecule has 1 aliphatic heterocycles. The Balaban J connectivity index is 1.46. The van der Waals surface area contributed by atoms with Crippen LogP contribution in [0.2, 0.25) is 5.02 Å². The molecule has 0 saturated carbocycles. The zero-order valence-electron chi connectivity index (χ0n) is 20.1. The molecule has 0 spiro atoms. The van der Waals surface area contributed by atoms with Gasteiger partial charge in [0.05, 0.1) is 24.4 Å². The number of halogens is 2. The van der Waals surface area contributed by atoms with Crippen LogP contribution in [0, 0.1) is 26.6 Å². The van der Waals surface area contributed by atoms with Gasteiger partial charge in [-0.25, -0.2) is 13.9 Å². The molecular formula is C25H31ClFN5O2. The fourth-order valence-electron chi connectivity index (χ4n) is 4.71. The van der Waals surface area contributed by atoms with Gasteiger partial charge >= 0.3 is 0 Å². The van der Waals surface area contributed by atoms with Gasteiger partial charge in [0.2, 0.25) is 5.91 Å². The highest BCUT2D eigenvalue weighted by Crippen LogP contribution is 2.31. The first-order valence-corrected chi connectivity index (χ1v) is 12.0. The molecule has 1 aromatic carbocycles. The van der Waals surface area contributed by atoms with Crippen molar-refractivity contribution < 1.29 is 13.9 Å². The molecule has 34 heavy (non-hydrogen) atoms. The summed E-state index contributed by atoms with van der Waals surface area (Å²) in [6, 6.07) is 6.25. The van der Waals surface area contributed by atoms with Crippen LogP contribution >= 0.6 is 11.6 Å². The van der Waals surface area contributed by atoms with Crippen LogP contribution in [0.1, 0.15) is 47.6 Å². The number of carbonyl (C=O) groups excluding carboxylic acids is 1. The summed E-state index contributed by atoms with van der Waals surface area (Å²) in [4.78, 5) is 19.6. The molecule has 3 aromatic rings. The number of nitrogens with zero attached hydrogens (tertiary/aromatic N) is 4. The predicted octanol–water partition coefficient (Wildman–Crippen LogP) is 3.96. The lowest BCUT2D eigenvalue weighted by molar-refractivity contribution is -0.121. The third kappa shape index (κ3) is 5.24. The van der Waals surface area contributed by atoms with Gasteiger partial charge in [-0.3, -0.25) is 9.69 Å². The van der Waals surface area contributed by atoms with Gasteiger partial charge in [-0.15, -0.1) is 0 Å². The third-order valence-corrected chi connectivity index (χ3v) is 6.76. The zero-order valence-corrected chi connectivity index (χ0v) is 20.8. The van der Waals surface area contributed by atoms with E-state index in [1.165, 1.54) is 6.07 Å². The molecule has 1 saturated heterocycles. The number of ether oxygens (including phenoxy) is 1. The van der Waals surface area contributed by atoms with Gasteiger partial charge in [0.25, 0.3) is 0 Å². The average molecular weight is 488 g/mol. The van der Waals surface area contributed by atoms with Crippen molar-refractivity contribution in [2.75, 3.05) is 26.2 Å². The van der Waals surface area contributed by atoms with E-state index in [0.717, 1.165) is 28.3 Å². The van der Waals surface area contributed by atoms with Gasteiger partial charge in [-0.05, 0) is 51.8 Å². The van der Waals surface area contributed by atoms with Crippen molar-refractivity contribution in [3.05, 3.63) is 63.3 Å². The second-order valence-corrected chi connectivity index (χ2v) is 9.36. The van der Waals surface area contributed by atoms with E-state index >= 15 is 0 Å². The average Bonchev–Trinajstić information content (AvgIpc) is 3.15. The van der Waals surface area contributed by atoms with Gasteiger partial charge in [0.15, 0.2) is 5.65 Å². The highest BCUT2D eigenvalue weighted by atomic mass is 35.5. The second-order valence-electron chi connectivity index (χ2n) is 8.95. The largest absolute Gasteiger partial charge is 0.376 e. The normalized spacial score (nSPS) is 17.8. The number of hydrogen-bond acceptors (Lipinski definition) is 5. The van der Waals surface area contributed by atoms with Crippen LogP contribution in [0.5, 0.6) is 0 Å². The van der Waals surface area contributed by atoms with Crippen LogP contribution in [-0.2, 0) is 16.0 Å². The molecule has 1 fully saturated rings. The van der Waals surface area contributed by atoms with Gasteiger partial charge in [-0.1, -0.05) is 17.7 Å². The van der Waals surface area contributed by atoms with Crippen molar-refractivity contribution in [3.8, 4) is 0 Å². The lowest BCUT2D eigenvalue weighted by Crippen LogP contribution is -2.47. The molecule has 7 nitrogen and oxygen atoms in total. The summed E-state index contributed by atoms with van der Waals surface area (Å²) < 4.78 is 22.3. The summed E-state index contributed by atoms with van der Waals surface area (Å²) in [5.41, 5.74) is 5.03. The lowest BCUT2D eigenvalue weighted by atomic mass is 10.0. The first kappa shape index (κ1) is 24.6. The number of morpholine rings is 1. The van der Waals surface area contributed by atoms with Gasteiger partial charge in [-0.2, -0.15) is 5.10 Å². The highest BCUT2D eigenvalue weighted by molar-refractivity contribution is 6.31. The third-order valence-electron chi connectivity index (χ3n) is 6.43. The number of aromatic nitrogens is 3. The van der Waals surface area contributed by atoms with Crippen LogP contribution < -0.4 is 5.32 Å². The Morgan fingerprint density at radius 1 is 1.35 bits per heavy atom. The minimum Gasteiger partial charge on any atom is -0.376 e. The van der Waals surface area contributed by atoms with Gasteiger partial charge < -0.3 is 10.1 Å². The SMILES string of the molecule is Cc1cc2nc(C)c(CCC(=O)NCC(c3c(F)cccc3Cl)N3CCOC(C)C3)c(C)n2n1. The fraction of sp³-hybridized carbons (Fsp3) is 0.480. The Morgan fingerprint density at radius 3 is 2.88 bits per heavy atom. The Kier molecular flexibility index (Phi) is 7.50. The zero-order chi connectivity index (χ0) is 24.4. The van der Waals surface area contributed by atoms with Crippen molar-refractivity contribution in [1.82, 2.24) is 24.8 Å². The van der Waals surface area contributed by atoms with E-state index in [-0.39, 0.29) is 30.4 Å². The minimum absolute atomic E-state index is 0.0248. The van der Waals surface area contributed by atoms with E-state index in [0.29, 0.717) is 43.1 Å². The van der Waals surface area contributed by atoms with Gasteiger partial charge in [0, 0.05) is 54.1 Å². The molecule has 0 bridgehead atoms. The van der Waals surface area contributed by atoms with Crippen molar-refractivity contribution >= 4 is 23.2 Å². The van der Waals surface area contributed by atoms with Crippen LogP contribution in [-0.4, -0.2) is 57.8 Å². The highest BCUT2D eigenvalue weighted by Gasteiger charge is 2.29. The quantitative estimate of drug-likeness (QED) is 0.546. The molecule has 9 heteroatoms. The first-order chi connectivity index (χ1) is 16.2. The van der Waals surface area contributed by atoms with E-state index in [2.05, 4.69) is 20.3 Å². The molecule has 1 N–H and O–H groups in total. The molecule has 2 atom stereocenters. The summed E-state index contributed by atoms with van der Waals surface area (Å²) in [6.45, 7) is 9.97. The van der Waals surface area contributed by atoms with Crippen molar-refractivity contribution in [3.63, 3.8) is 0 Å². The molecule has 1 amide bonds. The van der Waals surface area contributed by atoms with E-state index in [1.54, 1.807) is 12.1 Å². The predicted molar refractivity (Wildman–Crippen MR) is 130 cm³/mol. The molecule has 1 aliphatic rings. The Hall–Kier alpha value is -2.55. The number of hydrogen-bond donors (Lipinski definition) is 1. The van der Waals surface area contributed by atoms with E-state index in [1.807, 2.05) is 38.3 Å². The maximum absolute atomic E-state index is 14.8. The van der Waals surface area contributed by atoms with Crippen LogP contribution in [0.25, 0.3) is 5.65 Å². The standard InChI is InChI=1S/C25H31ClFN5O2/c1-15-12-23-29-17(3)19(18(4)32(23)30-15)8-9-24(33)28-13-22(31-10-11-34-16(2)14-31)25-20(26)6-5-7-21(25)27/h5-7,12,16,22H,8-11,13-14H2,1-4H3,(H,28,33).